The first kappa shape index (κ1) is 26.5. The maximum Gasteiger partial charge on any atom is 0.256 e. The van der Waals surface area contributed by atoms with Crippen LogP contribution in [0.5, 0.6) is 0 Å². The van der Waals surface area contributed by atoms with Gasteiger partial charge in [-0.1, -0.05) is 60.7 Å². The Hall–Kier alpha value is -5.10. The molecule has 2 aliphatic heterocycles. The van der Waals surface area contributed by atoms with Crippen LogP contribution in [-0.4, -0.2) is 40.0 Å². The van der Waals surface area contributed by atoms with E-state index in [1.165, 1.54) is 0 Å². The molecule has 0 saturated carbocycles. The van der Waals surface area contributed by atoms with Crippen LogP contribution in [0.25, 0.3) is 23.3 Å². The average molecular weight is 529 g/mol. The molecule has 2 N–H and O–H groups in total. The minimum atomic E-state index is -0.0390. The molecule has 0 radical (unpaired) electrons. The lowest BCUT2D eigenvalue weighted by molar-refractivity contribution is -0.111. The van der Waals surface area contributed by atoms with Gasteiger partial charge in [-0.15, -0.1) is 0 Å². The molecule has 4 aromatic carbocycles. The minimum absolute atomic E-state index is 0.0390. The fraction of sp³-hybridized carbons (Fsp3) is 0.118. The first-order valence-corrected chi connectivity index (χ1v) is 13.1. The average Bonchev–Trinajstić information content (AvgIpc) is 3.44. The van der Waals surface area contributed by atoms with E-state index < -0.39 is 0 Å². The summed E-state index contributed by atoms with van der Waals surface area (Å²) < 4.78 is 0. The van der Waals surface area contributed by atoms with Crippen LogP contribution in [0.1, 0.15) is 22.3 Å². The Bertz CT molecular complexity index is 1490. The highest BCUT2D eigenvalue weighted by molar-refractivity contribution is 6.35. The Labute approximate surface area is 235 Å². The second-order valence-electron chi connectivity index (χ2n) is 10.1. The molecular weight excluding hydrogens is 496 g/mol. The smallest absolute Gasteiger partial charge is 0.256 e. The summed E-state index contributed by atoms with van der Waals surface area (Å²) >= 11 is 0. The fourth-order valence-corrected chi connectivity index (χ4v) is 4.64. The van der Waals surface area contributed by atoms with Gasteiger partial charge in [0.15, 0.2) is 0 Å². The van der Waals surface area contributed by atoms with Crippen molar-refractivity contribution in [1.82, 2.24) is 0 Å². The molecule has 0 aliphatic carbocycles. The quantitative estimate of drug-likeness (QED) is 0.297. The molecule has 4 aromatic rings. The van der Waals surface area contributed by atoms with Gasteiger partial charge in [-0.25, -0.2) is 0 Å². The van der Waals surface area contributed by atoms with E-state index >= 15 is 0 Å². The van der Waals surface area contributed by atoms with Crippen molar-refractivity contribution in [2.24, 2.45) is 0 Å². The number of benzene rings is 4. The second kappa shape index (κ2) is 11.3. The molecule has 40 heavy (non-hydrogen) atoms. The molecule has 2 aliphatic rings. The number of amides is 2. The number of carbonyl (C=O) groups is 2. The molecule has 6 rings (SSSR count). The van der Waals surface area contributed by atoms with Crippen LogP contribution >= 0.6 is 0 Å². The molecule has 0 spiro atoms. The van der Waals surface area contributed by atoms with Crippen LogP contribution in [-0.2, 0) is 9.59 Å². The van der Waals surface area contributed by atoms with E-state index in [1.807, 2.05) is 137 Å². The molecule has 0 bridgehead atoms. The monoisotopic (exact) mass is 528 g/mol. The highest BCUT2D eigenvalue weighted by Gasteiger charge is 2.24. The highest BCUT2D eigenvalue weighted by Crippen LogP contribution is 2.34. The van der Waals surface area contributed by atoms with Gasteiger partial charge in [0.1, 0.15) is 0 Å². The number of anilines is 4. The van der Waals surface area contributed by atoms with Gasteiger partial charge in [0, 0.05) is 73.2 Å². The first-order valence-electron chi connectivity index (χ1n) is 13.1. The zero-order valence-corrected chi connectivity index (χ0v) is 23.1. The van der Waals surface area contributed by atoms with Crippen molar-refractivity contribution in [3.8, 4) is 0 Å². The van der Waals surface area contributed by atoms with Gasteiger partial charge < -0.3 is 20.4 Å². The maximum absolute atomic E-state index is 12.0. The first-order chi connectivity index (χ1) is 19.3. The van der Waals surface area contributed by atoms with Crippen molar-refractivity contribution in [2.75, 3.05) is 48.6 Å². The second-order valence-corrected chi connectivity index (χ2v) is 10.1. The van der Waals surface area contributed by atoms with Crippen molar-refractivity contribution < 1.29 is 9.59 Å². The summed E-state index contributed by atoms with van der Waals surface area (Å²) in [7, 11) is 8.03. The normalized spacial score (nSPS) is 15.1. The Balaban J connectivity index is 0.000000161. The van der Waals surface area contributed by atoms with E-state index in [4.69, 9.17) is 0 Å². The number of rotatable bonds is 4. The Morgan fingerprint density at radius 1 is 0.500 bits per heavy atom. The Morgan fingerprint density at radius 2 is 0.850 bits per heavy atom. The summed E-state index contributed by atoms with van der Waals surface area (Å²) in [6.07, 6.45) is 3.86. The highest BCUT2D eigenvalue weighted by atomic mass is 16.2. The summed E-state index contributed by atoms with van der Waals surface area (Å²) in [5.41, 5.74) is 9.48. The van der Waals surface area contributed by atoms with Gasteiger partial charge in [-0.3, -0.25) is 9.59 Å². The van der Waals surface area contributed by atoms with Crippen LogP contribution in [0.4, 0.5) is 22.7 Å². The SMILES string of the molecule is CN(C)c1ccc(/C=C2\C(=O)Nc3ccccc32)cc1.CN(C)c1ccc(/C=C2\C(=O)Nc3ccccc32)cc1. The van der Waals surface area contributed by atoms with E-state index in [-0.39, 0.29) is 11.8 Å². The lowest BCUT2D eigenvalue weighted by Crippen LogP contribution is -2.08. The van der Waals surface area contributed by atoms with Crippen molar-refractivity contribution in [3.63, 3.8) is 0 Å². The number of nitrogens with one attached hydrogen (secondary N) is 2. The number of hydrogen-bond donors (Lipinski definition) is 2. The molecule has 0 unspecified atom stereocenters. The van der Waals surface area contributed by atoms with Gasteiger partial charge in [-0.2, -0.15) is 0 Å². The Morgan fingerprint density at radius 3 is 1.20 bits per heavy atom. The molecule has 200 valence electrons. The lowest BCUT2D eigenvalue weighted by atomic mass is 10.0. The van der Waals surface area contributed by atoms with E-state index in [1.54, 1.807) is 0 Å². The molecule has 0 fully saturated rings. The summed E-state index contributed by atoms with van der Waals surface area (Å²) in [5.74, 6) is -0.0780. The van der Waals surface area contributed by atoms with Crippen molar-refractivity contribution >= 4 is 57.9 Å². The van der Waals surface area contributed by atoms with Crippen LogP contribution in [0.3, 0.4) is 0 Å². The van der Waals surface area contributed by atoms with Crippen LogP contribution in [0.15, 0.2) is 97.1 Å². The number of carbonyl (C=O) groups excluding carboxylic acids is 2. The number of nitrogens with zero attached hydrogens (tertiary/aromatic N) is 2. The third kappa shape index (κ3) is 5.66. The molecule has 2 amide bonds. The zero-order chi connectivity index (χ0) is 28.2. The third-order valence-electron chi connectivity index (χ3n) is 6.86. The number of hydrogen-bond acceptors (Lipinski definition) is 4. The lowest BCUT2D eigenvalue weighted by Gasteiger charge is -2.11. The number of fused-ring (bicyclic) bond motifs is 2. The fourth-order valence-electron chi connectivity index (χ4n) is 4.64. The van der Waals surface area contributed by atoms with E-state index in [2.05, 4.69) is 20.4 Å². The van der Waals surface area contributed by atoms with Crippen LogP contribution in [0, 0.1) is 0 Å². The summed E-state index contributed by atoms with van der Waals surface area (Å²) in [6.45, 7) is 0. The molecule has 0 aromatic heterocycles. The summed E-state index contributed by atoms with van der Waals surface area (Å²) in [5, 5.41) is 5.76. The molecule has 6 heteroatoms. The molecule has 0 atom stereocenters. The van der Waals surface area contributed by atoms with Crippen LogP contribution in [0.2, 0.25) is 0 Å². The number of para-hydroxylation sites is 2. The zero-order valence-electron chi connectivity index (χ0n) is 23.1. The van der Waals surface area contributed by atoms with E-state index in [0.29, 0.717) is 0 Å². The van der Waals surface area contributed by atoms with Gasteiger partial charge in [0.2, 0.25) is 0 Å². The van der Waals surface area contributed by atoms with Crippen molar-refractivity contribution in [3.05, 3.63) is 119 Å². The predicted molar refractivity (Wildman–Crippen MR) is 167 cm³/mol. The van der Waals surface area contributed by atoms with Crippen molar-refractivity contribution in [1.29, 1.82) is 0 Å². The maximum atomic E-state index is 12.0. The molecule has 6 nitrogen and oxygen atoms in total. The molecule has 2 heterocycles. The van der Waals surface area contributed by atoms with E-state index in [0.717, 1.165) is 56.1 Å². The summed E-state index contributed by atoms with van der Waals surface area (Å²) in [4.78, 5) is 28.1. The van der Waals surface area contributed by atoms with Gasteiger partial charge in [0.25, 0.3) is 11.8 Å². The Kier molecular flexibility index (Phi) is 7.51. The van der Waals surface area contributed by atoms with E-state index in [9.17, 15) is 9.59 Å². The topological polar surface area (TPSA) is 64.7 Å². The largest absolute Gasteiger partial charge is 0.378 e. The van der Waals surface area contributed by atoms with Gasteiger partial charge >= 0.3 is 0 Å². The van der Waals surface area contributed by atoms with Crippen LogP contribution < -0.4 is 20.4 Å². The van der Waals surface area contributed by atoms with Crippen molar-refractivity contribution in [2.45, 2.75) is 0 Å². The third-order valence-corrected chi connectivity index (χ3v) is 6.86. The standard InChI is InChI=1S/2C17H16N2O/c2*1-19(2)13-9-7-12(8-10-13)11-15-14-5-3-4-6-16(14)18-17(15)20/h2*3-11H,1-2H3,(H,18,20)/b2*15-11-. The molecule has 0 saturated heterocycles. The van der Waals surface area contributed by atoms with Gasteiger partial charge in [-0.05, 0) is 59.7 Å². The van der Waals surface area contributed by atoms with Gasteiger partial charge in [0.05, 0.1) is 0 Å². The molecular formula is C34H32N4O2. The minimum Gasteiger partial charge on any atom is -0.378 e. The summed E-state index contributed by atoms with van der Waals surface area (Å²) in [6, 6.07) is 31.8. The predicted octanol–water partition coefficient (Wildman–Crippen LogP) is 6.49.